The van der Waals surface area contributed by atoms with Gasteiger partial charge in [0.1, 0.15) is 11.4 Å². The van der Waals surface area contributed by atoms with Gasteiger partial charge in [0.05, 0.1) is 5.02 Å². The Balaban J connectivity index is 1.31. The molecule has 0 saturated carbocycles. The second-order valence-corrected chi connectivity index (χ2v) is 8.46. The molecule has 1 aromatic heterocycles. The van der Waals surface area contributed by atoms with E-state index in [2.05, 4.69) is 5.32 Å². The molecule has 0 spiro atoms. The molecule has 8 heteroatoms. The molecule has 2 heterocycles. The summed E-state index contributed by atoms with van der Waals surface area (Å²) in [7, 11) is 0. The van der Waals surface area contributed by atoms with Crippen LogP contribution in [0.3, 0.4) is 0 Å². The molecule has 1 aliphatic rings. The average Bonchev–Trinajstić information content (AvgIpc) is 3.26. The van der Waals surface area contributed by atoms with Crippen molar-refractivity contribution in [2.24, 2.45) is 0 Å². The van der Waals surface area contributed by atoms with Gasteiger partial charge in [-0.2, -0.15) is 0 Å². The van der Waals surface area contributed by atoms with E-state index >= 15 is 0 Å². The molecule has 0 unspecified atom stereocenters. The van der Waals surface area contributed by atoms with Gasteiger partial charge in [0.25, 0.3) is 11.8 Å². The minimum atomic E-state index is -0.686. The predicted molar refractivity (Wildman–Crippen MR) is 117 cm³/mol. The summed E-state index contributed by atoms with van der Waals surface area (Å²) >= 11 is 7.54. The summed E-state index contributed by atoms with van der Waals surface area (Å²) in [4.78, 5) is 39.0. The van der Waals surface area contributed by atoms with E-state index in [1.54, 1.807) is 4.90 Å². The van der Waals surface area contributed by atoms with Crippen molar-refractivity contribution in [3.63, 3.8) is 0 Å². The van der Waals surface area contributed by atoms with Gasteiger partial charge < -0.3 is 15.0 Å². The molecule has 4 rings (SSSR count). The molecule has 2 aromatic carbocycles. The fourth-order valence-corrected chi connectivity index (χ4v) is 5.03. The lowest BCUT2D eigenvalue weighted by Crippen LogP contribution is -2.39. The maximum absolute atomic E-state index is 12.6. The smallest absolute Gasteiger partial charge is 0.325 e. The zero-order valence-corrected chi connectivity index (χ0v) is 17.8. The van der Waals surface area contributed by atoms with Gasteiger partial charge in [0.15, 0.2) is 6.61 Å². The minimum Gasteiger partial charge on any atom is -0.454 e. The first-order valence-electron chi connectivity index (χ1n) is 9.46. The largest absolute Gasteiger partial charge is 0.454 e. The van der Waals surface area contributed by atoms with Gasteiger partial charge in [-0.3, -0.25) is 14.4 Å². The quantitative estimate of drug-likeness (QED) is 0.610. The van der Waals surface area contributed by atoms with Crippen LogP contribution in [-0.4, -0.2) is 37.0 Å². The van der Waals surface area contributed by atoms with Crippen LogP contribution in [0.25, 0.3) is 10.1 Å². The molecule has 1 aliphatic heterocycles. The Morgan fingerprint density at radius 3 is 2.70 bits per heavy atom. The number of esters is 1. The Labute approximate surface area is 182 Å². The van der Waals surface area contributed by atoms with E-state index in [4.69, 9.17) is 16.3 Å². The Kier molecular flexibility index (Phi) is 5.74. The van der Waals surface area contributed by atoms with Crippen LogP contribution in [-0.2, 0) is 20.7 Å². The van der Waals surface area contributed by atoms with Crippen LogP contribution in [0.15, 0.2) is 48.5 Å². The summed E-state index contributed by atoms with van der Waals surface area (Å²) < 4.78 is 5.97. The summed E-state index contributed by atoms with van der Waals surface area (Å²) in [6.07, 6.45) is 0.766. The zero-order chi connectivity index (χ0) is 21.3. The number of hydrogen-bond donors (Lipinski definition) is 1. The van der Waals surface area contributed by atoms with Crippen LogP contribution in [0.1, 0.15) is 22.2 Å². The predicted octanol–water partition coefficient (Wildman–Crippen LogP) is 3.81. The van der Waals surface area contributed by atoms with E-state index in [9.17, 15) is 14.4 Å². The van der Waals surface area contributed by atoms with Crippen LogP contribution in [0, 0.1) is 0 Å². The number of halogens is 1. The van der Waals surface area contributed by atoms with Crippen molar-refractivity contribution in [1.29, 1.82) is 0 Å². The van der Waals surface area contributed by atoms with Crippen molar-refractivity contribution in [1.82, 2.24) is 5.32 Å². The third kappa shape index (κ3) is 3.91. The number of rotatable bonds is 5. The highest BCUT2D eigenvalue weighted by molar-refractivity contribution is 7.21. The Morgan fingerprint density at radius 1 is 1.17 bits per heavy atom. The fourth-order valence-electron chi connectivity index (χ4n) is 3.60. The molecule has 30 heavy (non-hydrogen) atoms. The third-order valence-electron chi connectivity index (χ3n) is 4.97. The van der Waals surface area contributed by atoms with E-state index in [-0.39, 0.29) is 25.1 Å². The van der Waals surface area contributed by atoms with Crippen molar-refractivity contribution in [2.75, 3.05) is 18.1 Å². The first-order chi connectivity index (χ1) is 14.5. The molecule has 1 N–H and O–H groups in total. The molecular weight excluding hydrogens is 424 g/mol. The number of anilines is 1. The summed E-state index contributed by atoms with van der Waals surface area (Å²) in [6, 6.07) is 15.1. The van der Waals surface area contributed by atoms with Crippen molar-refractivity contribution in [2.45, 2.75) is 19.4 Å². The topological polar surface area (TPSA) is 75.7 Å². The van der Waals surface area contributed by atoms with E-state index < -0.39 is 11.9 Å². The normalized spacial score (nSPS) is 15.1. The van der Waals surface area contributed by atoms with Gasteiger partial charge in [0.2, 0.25) is 0 Å². The van der Waals surface area contributed by atoms with E-state index in [0.717, 1.165) is 27.8 Å². The molecule has 2 amide bonds. The number of ether oxygens (including phenoxy) is 1. The summed E-state index contributed by atoms with van der Waals surface area (Å²) in [5.41, 5.74) is 1.94. The van der Waals surface area contributed by atoms with Gasteiger partial charge in [-0.15, -0.1) is 11.3 Å². The number of benzene rings is 2. The summed E-state index contributed by atoms with van der Waals surface area (Å²) in [5, 5.41) is 3.66. The first-order valence-corrected chi connectivity index (χ1v) is 10.7. The standard InChI is InChI=1S/C22H19ClN2O4S/c1-13-10-14-6-2-4-8-16(14)25(13)18(26)12-29-19(27)11-24-22(28)21-20(23)15-7-3-5-9-17(15)30-21/h2-9,13H,10-12H2,1H3,(H,24,28)/t13-/m0/s1. The lowest BCUT2D eigenvalue weighted by Gasteiger charge is -2.22. The molecular formula is C22H19ClN2O4S. The Bertz CT molecular complexity index is 1140. The number of thiophene rings is 1. The highest BCUT2D eigenvalue weighted by atomic mass is 35.5. The van der Waals surface area contributed by atoms with Crippen LogP contribution in [0.5, 0.6) is 0 Å². The maximum Gasteiger partial charge on any atom is 0.325 e. The van der Waals surface area contributed by atoms with Crippen molar-refractivity contribution >= 4 is 56.5 Å². The van der Waals surface area contributed by atoms with Crippen molar-refractivity contribution in [3.8, 4) is 0 Å². The van der Waals surface area contributed by atoms with Gasteiger partial charge in [-0.25, -0.2) is 0 Å². The minimum absolute atomic E-state index is 0.00316. The lowest BCUT2D eigenvalue weighted by molar-refractivity contribution is -0.146. The SMILES string of the molecule is C[C@H]1Cc2ccccc2N1C(=O)COC(=O)CNC(=O)c1sc2ccccc2c1Cl. The molecule has 1 atom stereocenters. The monoisotopic (exact) mass is 442 g/mol. The third-order valence-corrected chi connectivity index (χ3v) is 6.64. The zero-order valence-electron chi connectivity index (χ0n) is 16.2. The number of nitrogens with one attached hydrogen (secondary N) is 1. The Morgan fingerprint density at radius 2 is 1.90 bits per heavy atom. The van der Waals surface area contributed by atoms with Gasteiger partial charge >= 0.3 is 5.97 Å². The molecule has 0 saturated heterocycles. The van der Waals surface area contributed by atoms with Crippen LogP contribution in [0.4, 0.5) is 5.69 Å². The maximum atomic E-state index is 12.6. The van der Waals surface area contributed by atoms with E-state index in [1.807, 2.05) is 55.5 Å². The van der Waals surface area contributed by atoms with Crippen LogP contribution in [0.2, 0.25) is 5.02 Å². The van der Waals surface area contributed by atoms with E-state index in [1.165, 1.54) is 11.3 Å². The number of amides is 2. The number of fused-ring (bicyclic) bond motifs is 2. The number of carbonyl (C=O) groups is 3. The first kappa shape index (κ1) is 20.4. The number of nitrogens with zero attached hydrogens (tertiary/aromatic N) is 1. The van der Waals surface area contributed by atoms with Crippen molar-refractivity contribution < 1.29 is 19.1 Å². The highest BCUT2D eigenvalue weighted by Crippen LogP contribution is 2.35. The van der Waals surface area contributed by atoms with Crippen molar-refractivity contribution in [3.05, 3.63) is 64.0 Å². The van der Waals surface area contributed by atoms with Crippen LogP contribution < -0.4 is 10.2 Å². The fraction of sp³-hybridized carbons (Fsp3) is 0.227. The molecule has 0 aliphatic carbocycles. The van der Waals surface area contributed by atoms with Gasteiger partial charge in [-0.05, 0) is 31.0 Å². The number of para-hydroxylation sites is 1. The molecule has 154 valence electrons. The molecule has 0 fully saturated rings. The summed E-state index contributed by atoms with van der Waals surface area (Å²) in [5.74, 6) is -1.43. The molecule has 0 bridgehead atoms. The number of carbonyl (C=O) groups excluding carboxylic acids is 3. The number of hydrogen-bond acceptors (Lipinski definition) is 5. The second-order valence-electron chi connectivity index (χ2n) is 7.03. The van der Waals surface area contributed by atoms with Gasteiger partial charge in [0, 0.05) is 21.8 Å². The van der Waals surface area contributed by atoms with Crippen LogP contribution >= 0.6 is 22.9 Å². The highest BCUT2D eigenvalue weighted by Gasteiger charge is 2.31. The Hall–Kier alpha value is -2.90. The molecule has 0 radical (unpaired) electrons. The molecule has 6 nitrogen and oxygen atoms in total. The second kappa shape index (κ2) is 8.45. The summed E-state index contributed by atoms with van der Waals surface area (Å²) in [6.45, 7) is 1.23. The lowest BCUT2D eigenvalue weighted by atomic mass is 10.1. The van der Waals surface area contributed by atoms with Gasteiger partial charge in [-0.1, -0.05) is 48.0 Å². The molecule has 3 aromatic rings. The van der Waals surface area contributed by atoms with E-state index in [0.29, 0.717) is 9.90 Å². The average molecular weight is 443 g/mol.